The van der Waals surface area contributed by atoms with E-state index in [1.807, 2.05) is 43.3 Å². The number of benzene rings is 1. The zero-order chi connectivity index (χ0) is 18.5. The van der Waals surface area contributed by atoms with Crippen LogP contribution in [-0.4, -0.2) is 34.3 Å². The Hall–Kier alpha value is -3.41. The van der Waals surface area contributed by atoms with Crippen molar-refractivity contribution in [2.75, 3.05) is 18.0 Å². The number of amides is 2. The van der Waals surface area contributed by atoms with Crippen molar-refractivity contribution in [1.82, 2.24) is 14.7 Å². The Morgan fingerprint density at radius 2 is 1.92 bits per heavy atom. The summed E-state index contributed by atoms with van der Waals surface area (Å²) >= 11 is 0. The van der Waals surface area contributed by atoms with Crippen molar-refractivity contribution in [2.24, 2.45) is 0 Å². The van der Waals surface area contributed by atoms with Crippen LogP contribution in [0.4, 0.5) is 5.69 Å². The zero-order valence-corrected chi connectivity index (χ0v) is 14.6. The molecule has 0 radical (unpaired) electrons. The fraction of sp³-hybridized carbons (Fsp3) is 0.150. The summed E-state index contributed by atoms with van der Waals surface area (Å²) in [4.78, 5) is 31.5. The van der Waals surface area contributed by atoms with Gasteiger partial charge in [-0.1, -0.05) is 30.3 Å². The third kappa shape index (κ3) is 3.21. The highest BCUT2D eigenvalue weighted by Gasteiger charge is 2.25. The first kappa shape index (κ1) is 17.4. The monoisotopic (exact) mass is 348 g/mol. The molecule has 6 heteroatoms. The van der Waals surface area contributed by atoms with E-state index in [1.54, 1.807) is 33.7 Å². The van der Waals surface area contributed by atoms with Crippen molar-refractivity contribution < 1.29 is 9.59 Å². The summed E-state index contributed by atoms with van der Waals surface area (Å²) in [5.41, 5.74) is 1.59. The molecule has 3 aromatic rings. The molecule has 0 unspecified atom stereocenters. The molecular weight excluding hydrogens is 328 g/mol. The van der Waals surface area contributed by atoms with Gasteiger partial charge in [-0.15, -0.1) is 6.58 Å². The van der Waals surface area contributed by atoms with Crippen LogP contribution in [0.25, 0.3) is 5.52 Å². The number of carbonyl (C=O) groups is 2. The minimum absolute atomic E-state index is 0.204. The molecule has 26 heavy (non-hydrogen) atoms. The largest absolute Gasteiger partial charge is 0.347 e. The SMILES string of the molecule is C=CCNC(=O)c1nc(C(=O)N(CC)c2ccccc2)n2ccccc12. The average Bonchev–Trinajstić information content (AvgIpc) is 3.07. The molecule has 0 aliphatic rings. The first-order valence-electron chi connectivity index (χ1n) is 8.40. The number of hydrogen-bond acceptors (Lipinski definition) is 3. The molecule has 132 valence electrons. The molecule has 0 fully saturated rings. The number of para-hydroxylation sites is 1. The number of imidazole rings is 1. The van der Waals surface area contributed by atoms with Gasteiger partial charge in [0.2, 0.25) is 5.82 Å². The van der Waals surface area contributed by atoms with Crippen molar-refractivity contribution in [1.29, 1.82) is 0 Å². The van der Waals surface area contributed by atoms with Gasteiger partial charge in [0.1, 0.15) is 0 Å². The van der Waals surface area contributed by atoms with Gasteiger partial charge in [-0.2, -0.15) is 0 Å². The van der Waals surface area contributed by atoms with Crippen LogP contribution in [0, 0.1) is 0 Å². The first-order valence-corrected chi connectivity index (χ1v) is 8.40. The Morgan fingerprint density at radius 1 is 1.19 bits per heavy atom. The summed E-state index contributed by atoms with van der Waals surface area (Å²) in [7, 11) is 0. The van der Waals surface area contributed by atoms with Crippen LogP contribution in [0.15, 0.2) is 67.4 Å². The molecule has 0 aliphatic carbocycles. The van der Waals surface area contributed by atoms with Crippen molar-refractivity contribution >= 4 is 23.0 Å². The molecule has 2 amide bonds. The second-order valence-electron chi connectivity index (χ2n) is 5.62. The maximum Gasteiger partial charge on any atom is 0.294 e. The zero-order valence-electron chi connectivity index (χ0n) is 14.6. The van der Waals surface area contributed by atoms with Gasteiger partial charge in [-0.3, -0.25) is 14.0 Å². The molecule has 3 rings (SSSR count). The molecule has 0 bridgehead atoms. The van der Waals surface area contributed by atoms with Crippen LogP contribution >= 0.6 is 0 Å². The molecule has 2 heterocycles. The smallest absolute Gasteiger partial charge is 0.294 e. The number of carbonyl (C=O) groups excluding carboxylic acids is 2. The van der Waals surface area contributed by atoms with Gasteiger partial charge in [-0.25, -0.2) is 4.98 Å². The van der Waals surface area contributed by atoms with Crippen LogP contribution in [0.2, 0.25) is 0 Å². The number of fused-ring (bicyclic) bond motifs is 1. The molecular formula is C20H20N4O2. The normalized spacial score (nSPS) is 10.5. The van der Waals surface area contributed by atoms with E-state index in [0.717, 1.165) is 5.69 Å². The predicted octanol–water partition coefficient (Wildman–Crippen LogP) is 2.92. The molecule has 0 atom stereocenters. The highest BCUT2D eigenvalue weighted by atomic mass is 16.2. The lowest BCUT2D eigenvalue weighted by Crippen LogP contribution is -2.32. The second kappa shape index (κ2) is 7.65. The first-order chi connectivity index (χ1) is 12.7. The number of rotatable bonds is 6. The van der Waals surface area contributed by atoms with Gasteiger partial charge in [-0.05, 0) is 31.2 Å². The van der Waals surface area contributed by atoms with Gasteiger partial charge in [0.15, 0.2) is 5.69 Å². The third-order valence-corrected chi connectivity index (χ3v) is 3.99. The van der Waals surface area contributed by atoms with Crippen molar-refractivity contribution in [3.8, 4) is 0 Å². The van der Waals surface area contributed by atoms with Gasteiger partial charge in [0.05, 0.1) is 5.52 Å². The molecule has 0 spiro atoms. The lowest BCUT2D eigenvalue weighted by molar-refractivity contribution is 0.0955. The van der Waals surface area contributed by atoms with E-state index in [0.29, 0.717) is 18.6 Å². The van der Waals surface area contributed by atoms with E-state index in [1.165, 1.54) is 0 Å². The molecule has 0 saturated carbocycles. The predicted molar refractivity (Wildman–Crippen MR) is 102 cm³/mol. The van der Waals surface area contributed by atoms with Gasteiger partial charge >= 0.3 is 0 Å². The highest BCUT2D eigenvalue weighted by Crippen LogP contribution is 2.19. The third-order valence-electron chi connectivity index (χ3n) is 3.99. The summed E-state index contributed by atoms with van der Waals surface area (Å²) in [6.45, 7) is 6.31. The molecule has 0 aliphatic heterocycles. The quantitative estimate of drug-likeness (QED) is 0.697. The van der Waals surface area contributed by atoms with E-state index >= 15 is 0 Å². The maximum absolute atomic E-state index is 13.1. The summed E-state index contributed by atoms with van der Waals surface area (Å²) < 4.78 is 1.65. The molecule has 2 aromatic heterocycles. The molecule has 0 saturated heterocycles. The minimum atomic E-state index is -0.338. The standard InChI is InChI=1S/C20H20N4O2/c1-3-13-21-19(25)17-16-12-8-9-14-24(16)18(22-17)20(26)23(4-2)15-10-6-5-7-11-15/h3,5-12,14H,1,4,13H2,2H3,(H,21,25). The van der Waals surface area contributed by atoms with E-state index < -0.39 is 0 Å². The summed E-state index contributed by atoms with van der Waals surface area (Å²) in [5.74, 6) is -0.395. The van der Waals surface area contributed by atoms with E-state index in [2.05, 4.69) is 16.9 Å². The van der Waals surface area contributed by atoms with Gasteiger partial charge in [0.25, 0.3) is 11.8 Å². The number of nitrogens with one attached hydrogen (secondary N) is 1. The lowest BCUT2D eigenvalue weighted by Gasteiger charge is -2.20. The van der Waals surface area contributed by atoms with E-state index in [4.69, 9.17) is 0 Å². The fourth-order valence-corrected chi connectivity index (χ4v) is 2.78. The fourth-order valence-electron chi connectivity index (χ4n) is 2.78. The minimum Gasteiger partial charge on any atom is -0.347 e. The van der Waals surface area contributed by atoms with Crippen molar-refractivity contribution in [2.45, 2.75) is 6.92 Å². The summed E-state index contributed by atoms with van der Waals surface area (Å²) in [6, 6.07) is 14.8. The van der Waals surface area contributed by atoms with Gasteiger partial charge in [0, 0.05) is 25.0 Å². The van der Waals surface area contributed by atoms with Crippen molar-refractivity contribution in [3.63, 3.8) is 0 Å². The number of aromatic nitrogens is 2. The topological polar surface area (TPSA) is 66.7 Å². The average molecular weight is 348 g/mol. The van der Waals surface area contributed by atoms with Crippen molar-refractivity contribution in [3.05, 3.63) is 78.9 Å². The summed E-state index contributed by atoms with van der Waals surface area (Å²) in [5, 5.41) is 2.71. The molecule has 1 N–H and O–H groups in total. The Balaban J connectivity index is 2.05. The van der Waals surface area contributed by atoms with Crippen LogP contribution in [0.1, 0.15) is 28.0 Å². The number of nitrogens with zero attached hydrogens (tertiary/aromatic N) is 3. The van der Waals surface area contributed by atoms with Crippen LogP contribution in [-0.2, 0) is 0 Å². The van der Waals surface area contributed by atoms with Crippen LogP contribution in [0.3, 0.4) is 0 Å². The Kier molecular flexibility index (Phi) is 5.12. The van der Waals surface area contributed by atoms with Crippen LogP contribution in [0.5, 0.6) is 0 Å². The maximum atomic E-state index is 13.1. The molecule has 1 aromatic carbocycles. The van der Waals surface area contributed by atoms with E-state index in [-0.39, 0.29) is 23.3 Å². The number of pyridine rings is 1. The Bertz CT molecular complexity index is 947. The summed E-state index contributed by atoms with van der Waals surface area (Å²) in [6.07, 6.45) is 3.33. The number of hydrogen-bond donors (Lipinski definition) is 1. The Labute approximate surface area is 151 Å². The number of anilines is 1. The second-order valence-corrected chi connectivity index (χ2v) is 5.62. The highest BCUT2D eigenvalue weighted by molar-refractivity contribution is 6.07. The van der Waals surface area contributed by atoms with Gasteiger partial charge < -0.3 is 10.2 Å². The lowest BCUT2D eigenvalue weighted by atomic mass is 10.3. The Morgan fingerprint density at radius 3 is 2.62 bits per heavy atom. The van der Waals surface area contributed by atoms with E-state index in [9.17, 15) is 9.59 Å². The molecule has 6 nitrogen and oxygen atoms in total. The van der Waals surface area contributed by atoms with Crippen LogP contribution < -0.4 is 10.2 Å².